The highest BCUT2D eigenvalue weighted by atomic mass is 28.4. The van der Waals surface area contributed by atoms with Crippen LogP contribution >= 0.6 is 0 Å². The molecule has 2 saturated heterocycles. The number of esters is 1. The molecule has 9 heteroatoms. The van der Waals surface area contributed by atoms with Gasteiger partial charge in [0.25, 0.3) is 0 Å². The van der Waals surface area contributed by atoms with E-state index in [0.717, 1.165) is 58.0 Å². The van der Waals surface area contributed by atoms with Gasteiger partial charge in [0.05, 0.1) is 37.1 Å². The first-order valence-corrected chi connectivity index (χ1v) is 31.6. The van der Waals surface area contributed by atoms with Crippen molar-refractivity contribution >= 4 is 22.6 Å². The first-order chi connectivity index (χ1) is 29.3. The lowest BCUT2D eigenvalue weighted by atomic mass is 9.99. The van der Waals surface area contributed by atoms with Crippen molar-refractivity contribution in [2.24, 2.45) is 0 Å². The predicted octanol–water partition coefficient (Wildman–Crippen LogP) is 15.4. The van der Waals surface area contributed by atoms with Crippen molar-refractivity contribution in [3.05, 3.63) is 35.9 Å². The number of benzene rings is 1. The fourth-order valence-corrected chi connectivity index (χ4v) is 11.5. The van der Waals surface area contributed by atoms with Gasteiger partial charge in [-0.3, -0.25) is 4.79 Å². The third-order valence-electron chi connectivity index (χ3n) is 14.7. The second-order valence-electron chi connectivity index (χ2n) is 22.3. The Morgan fingerprint density at radius 2 is 1.18 bits per heavy atom. The minimum Gasteiger partial charge on any atom is -0.460 e. The smallest absolute Gasteiger partial charge is 0.302 e. The van der Waals surface area contributed by atoms with E-state index in [1.54, 1.807) is 0 Å². The van der Waals surface area contributed by atoms with Crippen molar-refractivity contribution in [1.82, 2.24) is 0 Å². The summed E-state index contributed by atoms with van der Waals surface area (Å²) in [7, 11) is -4.20. The van der Waals surface area contributed by atoms with Crippen LogP contribution in [0.4, 0.5) is 0 Å². The number of carbonyl (C=O) groups is 1. The van der Waals surface area contributed by atoms with Crippen LogP contribution in [0, 0.1) is 0 Å². The van der Waals surface area contributed by atoms with E-state index in [1.807, 2.05) is 18.2 Å². The van der Waals surface area contributed by atoms with Gasteiger partial charge in [-0.1, -0.05) is 182 Å². The van der Waals surface area contributed by atoms with Crippen LogP contribution in [0.5, 0.6) is 0 Å². The molecule has 0 N–H and O–H groups in total. The average molecular weight is 904 g/mol. The molecule has 0 aliphatic carbocycles. The molecule has 1 aromatic carbocycles. The van der Waals surface area contributed by atoms with E-state index in [4.69, 9.17) is 27.8 Å². The molecule has 0 spiro atoms. The lowest BCUT2D eigenvalue weighted by Gasteiger charge is -2.41. The SMILES string of the molecule is CCCCCCCCCCCCCCCCC[C@H](O[Si](C)(C)C(C)(C)C)[C@@H]1C[C@@H](O[Si](C)(C)C(C)(C)C)[C@@H]([C@@H]2CC[C@@H]([C@H](CCCCCOCc3ccccc3)OC(C)=O)O2)O1. The fourth-order valence-electron chi connectivity index (χ4n) is 8.77. The third kappa shape index (κ3) is 20.2. The molecule has 2 heterocycles. The van der Waals surface area contributed by atoms with Gasteiger partial charge < -0.3 is 27.8 Å². The number of unbranched alkanes of at least 4 members (excludes halogenated alkanes) is 16. The Hall–Kier alpha value is -1.08. The zero-order chi connectivity index (χ0) is 45.7. The van der Waals surface area contributed by atoms with Gasteiger partial charge in [0.15, 0.2) is 16.6 Å². The van der Waals surface area contributed by atoms with Gasteiger partial charge in [0.2, 0.25) is 0 Å². The van der Waals surface area contributed by atoms with E-state index in [1.165, 1.54) is 109 Å². The van der Waals surface area contributed by atoms with Gasteiger partial charge >= 0.3 is 5.97 Å². The molecule has 2 aliphatic rings. The van der Waals surface area contributed by atoms with Crippen LogP contribution in [0.2, 0.25) is 36.3 Å². The Morgan fingerprint density at radius 3 is 1.71 bits per heavy atom. The molecule has 1 aromatic rings. The van der Waals surface area contributed by atoms with E-state index >= 15 is 0 Å². The predicted molar refractivity (Wildman–Crippen MR) is 265 cm³/mol. The van der Waals surface area contributed by atoms with Gasteiger partial charge in [-0.25, -0.2) is 0 Å². The van der Waals surface area contributed by atoms with E-state index in [2.05, 4.69) is 86.8 Å². The summed E-state index contributed by atoms with van der Waals surface area (Å²) >= 11 is 0. The van der Waals surface area contributed by atoms with Crippen LogP contribution in [0.1, 0.15) is 209 Å². The normalized spacial score (nSPS) is 22.3. The van der Waals surface area contributed by atoms with Crippen LogP contribution in [0.15, 0.2) is 30.3 Å². The number of hydrogen-bond donors (Lipinski definition) is 0. The highest BCUT2D eigenvalue weighted by Crippen LogP contribution is 2.45. The van der Waals surface area contributed by atoms with E-state index in [0.29, 0.717) is 6.61 Å². The summed E-state index contributed by atoms with van der Waals surface area (Å²) in [5, 5.41) is 0.185. The monoisotopic (exact) mass is 903 g/mol. The molecule has 0 aromatic heterocycles. The molecule has 0 amide bonds. The Balaban J connectivity index is 1.60. The van der Waals surface area contributed by atoms with Crippen LogP contribution in [0.25, 0.3) is 0 Å². The van der Waals surface area contributed by atoms with Gasteiger partial charge in [0.1, 0.15) is 12.2 Å². The van der Waals surface area contributed by atoms with Crippen molar-refractivity contribution in [2.75, 3.05) is 6.61 Å². The van der Waals surface area contributed by atoms with Crippen molar-refractivity contribution in [3.63, 3.8) is 0 Å². The second-order valence-corrected chi connectivity index (χ2v) is 31.8. The Morgan fingerprint density at radius 1 is 0.661 bits per heavy atom. The average Bonchev–Trinajstić information content (AvgIpc) is 3.85. The minimum absolute atomic E-state index is 0.0356. The van der Waals surface area contributed by atoms with Gasteiger partial charge in [-0.05, 0) is 80.4 Å². The standard InChI is InChI=1S/C53H98O7Si2/c1-13-14-15-16-17-18-19-20-21-22-23-24-25-26-31-37-47(59-61(9,10)52(3,4)5)49-41-50(60-62(11,12)53(6,7)8)51(58-49)48-39-38-46(57-48)45(56-43(2)54)36-32-28-33-40-55-42-44-34-29-27-30-35-44/h27,29-30,34-35,45-51H,13-26,28,31-33,36-42H2,1-12H3/t45-,46-,47-,48-,49-,50+,51+/m0/s1. The zero-order valence-electron chi connectivity index (χ0n) is 42.5. The second kappa shape index (κ2) is 28.2. The summed E-state index contributed by atoms with van der Waals surface area (Å²) in [5.74, 6) is -0.242. The molecule has 0 unspecified atom stereocenters. The molecule has 0 radical (unpaired) electrons. The quantitative estimate of drug-likeness (QED) is 0.0405. The number of hydrogen-bond acceptors (Lipinski definition) is 7. The molecule has 7 nitrogen and oxygen atoms in total. The minimum atomic E-state index is -2.13. The topological polar surface area (TPSA) is 72.5 Å². The molecule has 0 saturated carbocycles. The summed E-state index contributed by atoms with van der Waals surface area (Å²) in [6.45, 7) is 28.7. The highest BCUT2D eigenvalue weighted by Gasteiger charge is 2.52. The van der Waals surface area contributed by atoms with E-state index in [-0.39, 0.29) is 58.8 Å². The molecular formula is C53H98O7Si2. The Bertz CT molecular complexity index is 1330. The van der Waals surface area contributed by atoms with Crippen molar-refractivity contribution in [3.8, 4) is 0 Å². The molecule has 3 rings (SSSR count). The summed E-state index contributed by atoms with van der Waals surface area (Å²) in [6.07, 6.45) is 27.1. The van der Waals surface area contributed by atoms with Crippen molar-refractivity contribution in [2.45, 2.75) is 289 Å². The summed E-state index contributed by atoms with van der Waals surface area (Å²) in [5.41, 5.74) is 1.20. The van der Waals surface area contributed by atoms with Crippen LogP contribution in [-0.2, 0) is 39.2 Å². The number of rotatable bonds is 32. The molecular weight excluding hydrogens is 805 g/mol. The number of ether oxygens (including phenoxy) is 4. The molecule has 7 atom stereocenters. The Labute approximate surface area is 384 Å². The maximum Gasteiger partial charge on any atom is 0.302 e. The van der Waals surface area contributed by atoms with Crippen LogP contribution < -0.4 is 0 Å². The molecule has 0 bridgehead atoms. The molecule has 2 fully saturated rings. The maximum atomic E-state index is 12.4. The summed E-state index contributed by atoms with van der Waals surface area (Å²) < 4.78 is 40.7. The zero-order valence-corrected chi connectivity index (χ0v) is 44.5. The van der Waals surface area contributed by atoms with Gasteiger partial charge in [-0.2, -0.15) is 0 Å². The molecule has 2 aliphatic heterocycles. The lowest BCUT2D eigenvalue weighted by Crippen LogP contribution is -2.48. The first-order valence-electron chi connectivity index (χ1n) is 25.8. The lowest BCUT2D eigenvalue weighted by molar-refractivity contribution is -0.160. The van der Waals surface area contributed by atoms with Crippen molar-refractivity contribution < 1.29 is 32.6 Å². The summed E-state index contributed by atoms with van der Waals surface area (Å²) in [6, 6.07) is 10.3. The first kappa shape index (κ1) is 55.3. The Kier molecular flexibility index (Phi) is 25.1. The number of carbonyl (C=O) groups excluding carboxylic acids is 1. The van der Waals surface area contributed by atoms with Gasteiger partial charge in [-0.15, -0.1) is 0 Å². The van der Waals surface area contributed by atoms with Crippen molar-refractivity contribution in [1.29, 1.82) is 0 Å². The van der Waals surface area contributed by atoms with Gasteiger partial charge in [0, 0.05) is 20.0 Å². The summed E-state index contributed by atoms with van der Waals surface area (Å²) in [4.78, 5) is 12.4. The molecule has 360 valence electrons. The fraction of sp³-hybridized carbons (Fsp3) is 0.868. The van der Waals surface area contributed by atoms with Crippen LogP contribution in [0.3, 0.4) is 0 Å². The molecule has 62 heavy (non-hydrogen) atoms. The third-order valence-corrected chi connectivity index (χ3v) is 23.8. The van der Waals surface area contributed by atoms with E-state index < -0.39 is 16.6 Å². The van der Waals surface area contributed by atoms with Crippen LogP contribution in [-0.4, -0.2) is 71.9 Å². The largest absolute Gasteiger partial charge is 0.460 e. The highest BCUT2D eigenvalue weighted by molar-refractivity contribution is 6.74. The van der Waals surface area contributed by atoms with E-state index in [9.17, 15) is 4.79 Å². The maximum absolute atomic E-state index is 12.4.